The van der Waals surface area contributed by atoms with E-state index < -0.39 is 5.41 Å². The summed E-state index contributed by atoms with van der Waals surface area (Å²) in [4.78, 5) is 2.44. The van der Waals surface area contributed by atoms with Crippen LogP contribution >= 0.6 is 0 Å². The zero-order valence-corrected chi connectivity index (χ0v) is 28.6. The van der Waals surface area contributed by atoms with E-state index in [0.29, 0.717) is 0 Å². The van der Waals surface area contributed by atoms with Crippen molar-refractivity contribution in [3.63, 3.8) is 0 Å². The molecule has 0 saturated heterocycles. The molecule has 2 aliphatic rings. The molecule has 0 N–H and O–H groups in total. The molecule has 0 amide bonds. The summed E-state index contributed by atoms with van der Waals surface area (Å²) >= 11 is 0. The third-order valence-electron chi connectivity index (χ3n) is 10.6. The quantitative estimate of drug-likeness (QED) is 0.155. The molecule has 0 atom stereocenters. The number of hydrogen-bond donors (Lipinski definition) is 0. The minimum absolute atomic E-state index is 0.404. The Balaban J connectivity index is 1.29. The van der Waals surface area contributed by atoms with Crippen molar-refractivity contribution in [1.29, 1.82) is 0 Å². The number of anilines is 3. The first-order chi connectivity index (χ1) is 25.2. The maximum absolute atomic E-state index is 3.95. The largest absolute Gasteiger partial charge is 0.310 e. The van der Waals surface area contributed by atoms with Crippen molar-refractivity contribution < 1.29 is 0 Å². The molecule has 0 bridgehead atoms. The highest BCUT2D eigenvalue weighted by Gasteiger charge is 2.52. The summed E-state index contributed by atoms with van der Waals surface area (Å²) in [5.74, 6) is 0. The van der Waals surface area contributed by atoms with Crippen LogP contribution in [0.25, 0.3) is 39.0 Å². The van der Waals surface area contributed by atoms with Crippen molar-refractivity contribution in [2.45, 2.75) is 12.3 Å². The van der Waals surface area contributed by atoms with E-state index in [0.717, 1.165) is 28.2 Å². The average Bonchev–Trinajstić information content (AvgIpc) is 3.67. The monoisotopic (exact) mass is 651 g/mol. The van der Waals surface area contributed by atoms with E-state index in [1.165, 1.54) is 55.6 Å². The number of hydrogen-bond acceptors (Lipinski definition) is 1. The van der Waals surface area contributed by atoms with Gasteiger partial charge in [0, 0.05) is 16.9 Å². The van der Waals surface area contributed by atoms with Crippen molar-refractivity contribution in [2.75, 3.05) is 4.90 Å². The lowest BCUT2D eigenvalue weighted by atomic mass is 9.70. The molecule has 1 spiro atoms. The van der Waals surface area contributed by atoms with Gasteiger partial charge in [0.05, 0.1) is 11.1 Å². The molecule has 0 radical (unpaired) electrons. The van der Waals surface area contributed by atoms with Crippen LogP contribution in [0.15, 0.2) is 201 Å². The standard InChI is InChI=1S/C50H37N/c1-3-15-35(16-4-2)37-27-31-39(32-28-37)51(40-33-29-38(30-34-40)36-17-6-5-7-18-36)48-26-14-25-47-49(48)43-21-10-13-24-46(43)50(47)44-22-11-8-19-41(44)42-20-9-12-23-45(42)50/h3-34H,1H2,2H3/b16-4-,35-15+. The zero-order valence-electron chi connectivity index (χ0n) is 28.6. The summed E-state index contributed by atoms with van der Waals surface area (Å²) in [5, 5.41) is 0. The van der Waals surface area contributed by atoms with Gasteiger partial charge in [0.15, 0.2) is 0 Å². The Morgan fingerprint density at radius 3 is 1.63 bits per heavy atom. The Bertz CT molecular complexity index is 2430. The molecule has 0 aromatic heterocycles. The fourth-order valence-corrected chi connectivity index (χ4v) is 8.53. The van der Waals surface area contributed by atoms with Gasteiger partial charge in [-0.1, -0.05) is 170 Å². The predicted octanol–water partition coefficient (Wildman–Crippen LogP) is 13.3. The second kappa shape index (κ2) is 12.5. The van der Waals surface area contributed by atoms with Gasteiger partial charge in [-0.15, -0.1) is 0 Å². The lowest BCUT2D eigenvalue weighted by Gasteiger charge is -2.32. The minimum Gasteiger partial charge on any atom is -0.310 e. The summed E-state index contributed by atoms with van der Waals surface area (Å²) in [6, 6.07) is 62.5. The van der Waals surface area contributed by atoms with Crippen LogP contribution in [0, 0.1) is 0 Å². The molecule has 0 saturated carbocycles. The summed E-state index contributed by atoms with van der Waals surface area (Å²) in [7, 11) is 0. The minimum atomic E-state index is -0.404. The van der Waals surface area contributed by atoms with Gasteiger partial charge in [-0.05, 0) is 98.5 Å². The highest BCUT2D eigenvalue weighted by Crippen LogP contribution is 2.64. The smallest absolute Gasteiger partial charge is 0.0726 e. The Hall–Kier alpha value is -6.44. The number of allylic oxidation sites excluding steroid dienone is 5. The van der Waals surface area contributed by atoms with Gasteiger partial charge >= 0.3 is 0 Å². The number of rotatable bonds is 7. The van der Waals surface area contributed by atoms with Crippen LogP contribution in [-0.2, 0) is 5.41 Å². The zero-order chi connectivity index (χ0) is 34.4. The van der Waals surface area contributed by atoms with Gasteiger partial charge in [-0.3, -0.25) is 0 Å². The Morgan fingerprint density at radius 1 is 0.510 bits per heavy atom. The topological polar surface area (TPSA) is 3.24 Å². The van der Waals surface area contributed by atoms with Gasteiger partial charge in [-0.2, -0.15) is 0 Å². The Morgan fingerprint density at radius 2 is 1.02 bits per heavy atom. The fourth-order valence-electron chi connectivity index (χ4n) is 8.53. The molecule has 0 unspecified atom stereocenters. The highest BCUT2D eigenvalue weighted by atomic mass is 15.1. The maximum Gasteiger partial charge on any atom is 0.0726 e. The van der Waals surface area contributed by atoms with E-state index in [9.17, 15) is 0 Å². The van der Waals surface area contributed by atoms with Crippen LogP contribution in [-0.4, -0.2) is 0 Å². The molecule has 9 rings (SSSR count). The number of benzene rings is 7. The molecule has 7 aromatic rings. The van der Waals surface area contributed by atoms with Crippen molar-refractivity contribution >= 4 is 22.6 Å². The predicted molar refractivity (Wildman–Crippen MR) is 216 cm³/mol. The first-order valence-electron chi connectivity index (χ1n) is 17.7. The fraction of sp³-hybridized carbons (Fsp3) is 0.0400. The maximum atomic E-state index is 3.95. The lowest BCUT2D eigenvalue weighted by molar-refractivity contribution is 0.794. The third kappa shape index (κ3) is 4.70. The summed E-state index contributed by atoms with van der Waals surface area (Å²) < 4.78 is 0. The summed E-state index contributed by atoms with van der Waals surface area (Å²) in [6.07, 6.45) is 8.12. The van der Waals surface area contributed by atoms with Gasteiger partial charge in [0.25, 0.3) is 0 Å². The SMILES string of the molecule is C=C/C=C(\C=C/C)c1ccc(N(c2ccc(-c3ccccc3)cc2)c2cccc3c2-c2ccccc2C32c3ccccc3-c3ccccc32)cc1. The molecule has 51 heavy (non-hydrogen) atoms. The van der Waals surface area contributed by atoms with E-state index in [2.05, 4.69) is 200 Å². The molecule has 7 aromatic carbocycles. The first-order valence-corrected chi connectivity index (χ1v) is 17.7. The van der Waals surface area contributed by atoms with Crippen LogP contribution < -0.4 is 4.90 Å². The molecular weight excluding hydrogens is 615 g/mol. The number of fused-ring (bicyclic) bond motifs is 10. The molecule has 2 aliphatic carbocycles. The Kier molecular flexibility index (Phi) is 7.48. The Labute approximate surface area is 300 Å². The second-order valence-corrected chi connectivity index (χ2v) is 13.2. The second-order valence-electron chi connectivity index (χ2n) is 13.2. The van der Waals surface area contributed by atoms with E-state index in [1.807, 2.05) is 13.0 Å². The molecule has 0 heterocycles. The van der Waals surface area contributed by atoms with E-state index in [-0.39, 0.29) is 0 Å². The van der Waals surface area contributed by atoms with Crippen LogP contribution in [0.5, 0.6) is 0 Å². The van der Waals surface area contributed by atoms with Crippen molar-refractivity contribution in [3.8, 4) is 33.4 Å². The molecule has 1 heteroatoms. The molecular formula is C50H37N. The van der Waals surface area contributed by atoms with Crippen molar-refractivity contribution in [3.05, 3.63) is 229 Å². The van der Waals surface area contributed by atoms with Gasteiger partial charge in [-0.25, -0.2) is 0 Å². The third-order valence-corrected chi connectivity index (χ3v) is 10.6. The number of nitrogens with zero attached hydrogens (tertiary/aromatic N) is 1. The van der Waals surface area contributed by atoms with Crippen LogP contribution in [0.4, 0.5) is 17.1 Å². The van der Waals surface area contributed by atoms with E-state index >= 15 is 0 Å². The lowest BCUT2D eigenvalue weighted by Crippen LogP contribution is -2.26. The van der Waals surface area contributed by atoms with E-state index in [1.54, 1.807) is 0 Å². The summed E-state index contributed by atoms with van der Waals surface area (Å²) in [5.41, 5.74) is 18.2. The molecule has 1 nitrogen and oxygen atoms in total. The normalized spacial score (nSPS) is 13.5. The summed E-state index contributed by atoms with van der Waals surface area (Å²) in [6.45, 7) is 6.00. The van der Waals surface area contributed by atoms with Crippen LogP contribution in [0.2, 0.25) is 0 Å². The van der Waals surface area contributed by atoms with Crippen LogP contribution in [0.1, 0.15) is 34.7 Å². The van der Waals surface area contributed by atoms with Crippen molar-refractivity contribution in [1.82, 2.24) is 0 Å². The molecule has 0 aliphatic heterocycles. The highest BCUT2D eigenvalue weighted by molar-refractivity contribution is 6.01. The van der Waals surface area contributed by atoms with E-state index in [4.69, 9.17) is 0 Å². The first kappa shape index (κ1) is 30.6. The van der Waals surface area contributed by atoms with Crippen molar-refractivity contribution in [2.24, 2.45) is 0 Å². The average molecular weight is 652 g/mol. The molecule has 242 valence electrons. The van der Waals surface area contributed by atoms with Gasteiger partial charge in [0.1, 0.15) is 0 Å². The van der Waals surface area contributed by atoms with Gasteiger partial charge in [0.2, 0.25) is 0 Å². The molecule has 0 fully saturated rings. The van der Waals surface area contributed by atoms with Gasteiger partial charge < -0.3 is 4.90 Å². The van der Waals surface area contributed by atoms with Crippen LogP contribution in [0.3, 0.4) is 0 Å².